The number of carboxylic acid groups (broad SMARTS) is 1. The summed E-state index contributed by atoms with van der Waals surface area (Å²) in [5, 5.41) is 9.64. The lowest BCUT2D eigenvalue weighted by atomic mass is 9.81. The molecule has 7 heteroatoms. The molecular formula is C17H19N3O4. The predicted molar refractivity (Wildman–Crippen MR) is 86.9 cm³/mol. The fraction of sp³-hybridized carbons (Fsp3) is 0.471. The summed E-state index contributed by atoms with van der Waals surface area (Å²) in [5.74, 6) is -0.913. The highest BCUT2D eigenvalue weighted by Gasteiger charge is 2.55. The van der Waals surface area contributed by atoms with E-state index in [1.54, 1.807) is 30.1 Å². The Bertz CT molecular complexity index is 912. The predicted octanol–water partition coefficient (Wildman–Crippen LogP) is 1.19. The molecule has 4 rings (SSSR count). The first-order valence-corrected chi connectivity index (χ1v) is 8.14. The first-order chi connectivity index (χ1) is 11.4. The number of nitrogens with zero attached hydrogens (tertiary/aromatic N) is 2. The zero-order chi connectivity index (χ0) is 17.1. The number of benzene rings is 1. The third-order valence-electron chi connectivity index (χ3n) is 5.74. The lowest BCUT2D eigenvalue weighted by Crippen LogP contribution is -2.37. The first-order valence-electron chi connectivity index (χ1n) is 8.14. The van der Waals surface area contributed by atoms with Crippen LogP contribution in [0.1, 0.15) is 29.6 Å². The summed E-state index contributed by atoms with van der Waals surface area (Å²) in [7, 11) is 1.65. The van der Waals surface area contributed by atoms with Gasteiger partial charge in [-0.2, -0.15) is 0 Å². The van der Waals surface area contributed by atoms with E-state index in [0.717, 1.165) is 12.8 Å². The fourth-order valence-electron chi connectivity index (χ4n) is 4.33. The van der Waals surface area contributed by atoms with E-state index in [4.69, 9.17) is 0 Å². The van der Waals surface area contributed by atoms with E-state index >= 15 is 0 Å². The topological polar surface area (TPSA) is 95.4 Å². The molecule has 126 valence electrons. The van der Waals surface area contributed by atoms with Crippen LogP contribution in [0.2, 0.25) is 0 Å². The van der Waals surface area contributed by atoms with Gasteiger partial charge in [-0.05, 0) is 37.0 Å². The molecule has 1 saturated heterocycles. The largest absolute Gasteiger partial charge is 0.481 e. The van der Waals surface area contributed by atoms with Crippen molar-refractivity contribution in [2.75, 3.05) is 13.1 Å². The molecule has 7 nitrogen and oxygen atoms in total. The fourth-order valence-corrected chi connectivity index (χ4v) is 4.33. The van der Waals surface area contributed by atoms with Crippen molar-refractivity contribution in [1.82, 2.24) is 14.5 Å². The molecule has 2 aliphatic rings. The Morgan fingerprint density at radius 1 is 1.38 bits per heavy atom. The van der Waals surface area contributed by atoms with Crippen molar-refractivity contribution in [3.05, 3.63) is 34.2 Å². The molecule has 2 heterocycles. The van der Waals surface area contributed by atoms with E-state index in [2.05, 4.69) is 4.98 Å². The Balaban J connectivity index is 1.66. The van der Waals surface area contributed by atoms with Crippen LogP contribution in [0, 0.1) is 11.3 Å². The number of carbonyl (C=O) groups is 2. The Hall–Kier alpha value is -2.57. The lowest BCUT2D eigenvalue weighted by Gasteiger charge is -2.23. The van der Waals surface area contributed by atoms with Gasteiger partial charge in [-0.25, -0.2) is 4.79 Å². The first kappa shape index (κ1) is 15.0. The molecule has 1 aromatic carbocycles. The summed E-state index contributed by atoms with van der Waals surface area (Å²) >= 11 is 0. The molecule has 0 unspecified atom stereocenters. The van der Waals surface area contributed by atoms with Gasteiger partial charge in [-0.15, -0.1) is 0 Å². The van der Waals surface area contributed by atoms with E-state index in [9.17, 15) is 19.5 Å². The van der Waals surface area contributed by atoms with Gasteiger partial charge in [0.05, 0.1) is 16.4 Å². The van der Waals surface area contributed by atoms with Crippen molar-refractivity contribution in [3.63, 3.8) is 0 Å². The normalized spacial score (nSPS) is 26.0. The van der Waals surface area contributed by atoms with E-state index in [1.165, 1.54) is 4.57 Å². The highest BCUT2D eigenvalue weighted by atomic mass is 16.4. The Morgan fingerprint density at radius 2 is 2.17 bits per heavy atom. The summed E-state index contributed by atoms with van der Waals surface area (Å²) in [6.45, 7) is 0.769. The van der Waals surface area contributed by atoms with Gasteiger partial charge >= 0.3 is 11.7 Å². The summed E-state index contributed by atoms with van der Waals surface area (Å²) in [4.78, 5) is 40.6. The number of carboxylic acids is 1. The smallest absolute Gasteiger partial charge is 0.326 e. The number of aromatic amines is 1. The number of hydrogen-bond acceptors (Lipinski definition) is 3. The van der Waals surface area contributed by atoms with Crippen LogP contribution in [0.15, 0.2) is 23.0 Å². The number of likely N-dealkylation sites (tertiary alicyclic amines) is 1. The minimum atomic E-state index is -0.788. The van der Waals surface area contributed by atoms with Crippen LogP contribution < -0.4 is 5.69 Å². The van der Waals surface area contributed by atoms with E-state index in [1.807, 2.05) is 0 Å². The number of H-pyrrole nitrogens is 1. The maximum Gasteiger partial charge on any atom is 0.326 e. The zero-order valence-corrected chi connectivity index (χ0v) is 13.4. The number of aryl methyl sites for hydroxylation is 1. The molecule has 1 aromatic heterocycles. The molecule has 0 spiro atoms. The summed E-state index contributed by atoms with van der Waals surface area (Å²) in [6, 6.07) is 5.09. The average molecular weight is 329 g/mol. The molecule has 2 aromatic rings. The number of rotatable bonds is 2. The van der Waals surface area contributed by atoms with Gasteiger partial charge in [-0.1, -0.05) is 6.42 Å². The van der Waals surface area contributed by atoms with E-state index < -0.39 is 11.4 Å². The summed E-state index contributed by atoms with van der Waals surface area (Å²) in [6.07, 6.45) is 2.42. The average Bonchev–Trinajstić information content (AvgIpc) is 3.19. The SMILES string of the molecule is Cn1c(=O)[nH]c2ccc(C(=O)N3C[C@@H]4CCC[C@@]4(C(=O)O)C3)cc21. The monoisotopic (exact) mass is 329 g/mol. The van der Waals surface area contributed by atoms with Crippen LogP contribution in [-0.2, 0) is 11.8 Å². The van der Waals surface area contributed by atoms with Crippen LogP contribution in [0.4, 0.5) is 0 Å². The van der Waals surface area contributed by atoms with Crippen LogP contribution in [0.3, 0.4) is 0 Å². The van der Waals surface area contributed by atoms with Gasteiger partial charge in [0.1, 0.15) is 0 Å². The quantitative estimate of drug-likeness (QED) is 0.865. The molecule has 1 aliphatic heterocycles. The minimum Gasteiger partial charge on any atom is -0.481 e. The van der Waals surface area contributed by atoms with Crippen LogP contribution >= 0.6 is 0 Å². The van der Waals surface area contributed by atoms with Gasteiger partial charge in [0.25, 0.3) is 5.91 Å². The standard InChI is InChI=1S/C17H19N3O4/c1-19-13-7-10(4-5-12(13)18-16(19)24)14(21)20-8-11-3-2-6-17(11,9-20)15(22)23/h4-5,7,11H,2-3,6,8-9H2,1H3,(H,18,24)(H,22,23)/t11-,17+/m0/s1. The van der Waals surface area contributed by atoms with Crippen molar-refractivity contribution >= 4 is 22.9 Å². The summed E-state index contributed by atoms with van der Waals surface area (Å²) in [5.41, 5.74) is 0.825. The molecule has 0 radical (unpaired) electrons. The molecule has 2 fully saturated rings. The number of hydrogen-bond donors (Lipinski definition) is 2. The van der Waals surface area contributed by atoms with Gasteiger partial charge in [0.15, 0.2) is 0 Å². The maximum atomic E-state index is 12.8. The third-order valence-corrected chi connectivity index (χ3v) is 5.74. The van der Waals surface area contributed by atoms with Crippen molar-refractivity contribution in [3.8, 4) is 0 Å². The van der Waals surface area contributed by atoms with Crippen molar-refractivity contribution in [1.29, 1.82) is 0 Å². The second-order valence-corrected chi connectivity index (χ2v) is 6.96. The highest BCUT2D eigenvalue weighted by molar-refractivity contribution is 5.98. The number of carbonyl (C=O) groups excluding carboxylic acids is 1. The van der Waals surface area contributed by atoms with Crippen molar-refractivity contribution in [2.45, 2.75) is 19.3 Å². The van der Waals surface area contributed by atoms with E-state index in [-0.39, 0.29) is 24.1 Å². The Kier molecular flexibility index (Phi) is 3.10. The molecule has 1 saturated carbocycles. The number of aromatic nitrogens is 2. The van der Waals surface area contributed by atoms with Gasteiger partial charge < -0.3 is 15.0 Å². The minimum absolute atomic E-state index is 0.0410. The number of nitrogens with one attached hydrogen (secondary N) is 1. The second kappa shape index (κ2) is 4.96. The maximum absolute atomic E-state index is 12.8. The third kappa shape index (κ3) is 1.93. The lowest BCUT2D eigenvalue weighted by molar-refractivity contribution is -0.149. The highest BCUT2D eigenvalue weighted by Crippen LogP contribution is 2.49. The van der Waals surface area contributed by atoms with Gasteiger partial charge in [0.2, 0.25) is 0 Å². The van der Waals surface area contributed by atoms with Crippen LogP contribution in [-0.4, -0.2) is 44.5 Å². The van der Waals surface area contributed by atoms with Crippen LogP contribution in [0.5, 0.6) is 0 Å². The Morgan fingerprint density at radius 3 is 2.88 bits per heavy atom. The number of amides is 1. The van der Waals surface area contributed by atoms with Gasteiger partial charge in [0, 0.05) is 25.7 Å². The van der Waals surface area contributed by atoms with Crippen molar-refractivity contribution in [2.24, 2.45) is 18.4 Å². The summed E-state index contributed by atoms with van der Waals surface area (Å²) < 4.78 is 1.46. The molecule has 1 aliphatic carbocycles. The molecular weight excluding hydrogens is 310 g/mol. The van der Waals surface area contributed by atoms with Gasteiger partial charge in [-0.3, -0.25) is 14.2 Å². The number of fused-ring (bicyclic) bond motifs is 2. The Labute approximate surface area is 137 Å². The molecule has 2 N–H and O–H groups in total. The molecule has 2 atom stereocenters. The van der Waals surface area contributed by atoms with Crippen molar-refractivity contribution < 1.29 is 14.7 Å². The molecule has 1 amide bonds. The van der Waals surface area contributed by atoms with E-state index in [0.29, 0.717) is 29.6 Å². The number of aliphatic carboxylic acids is 1. The number of imidazole rings is 1. The molecule has 0 bridgehead atoms. The van der Waals surface area contributed by atoms with Crippen LogP contribution in [0.25, 0.3) is 11.0 Å². The zero-order valence-electron chi connectivity index (χ0n) is 13.4. The second-order valence-electron chi connectivity index (χ2n) is 6.96. The molecule has 24 heavy (non-hydrogen) atoms.